The minimum Gasteiger partial charge on any atom is -0.389 e. The van der Waals surface area contributed by atoms with E-state index in [0.717, 1.165) is 45.1 Å². The smallest absolute Gasteiger partial charge is 0.165 e. The van der Waals surface area contributed by atoms with Crippen LogP contribution in [0.25, 0.3) is 0 Å². The molecule has 1 aliphatic heterocycles. The largest absolute Gasteiger partial charge is 0.389 e. The fourth-order valence-electron chi connectivity index (χ4n) is 2.77. The number of nitrogens with zero attached hydrogens (tertiary/aromatic N) is 6. The first-order valence-corrected chi connectivity index (χ1v) is 7.45. The number of hydrogen-bond donors (Lipinski definition) is 1. The van der Waals surface area contributed by atoms with Gasteiger partial charge in [0.25, 0.3) is 0 Å². The summed E-state index contributed by atoms with van der Waals surface area (Å²) >= 11 is 0. The van der Waals surface area contributed by atoms with Crippen molar-refractivity contribution >= 4 is 0 Å². The Morgan fingerprint density at radius 3 is 2.40 bits per heavy atom. The van der Waals surface area contributed by atoms with Gasteiger partial charge >= 0.3 is 0 Å². The summed E-state index contributed by atoms with van der Waals surface area (Å²) in [6, 6.07) is 0.538. The molecule has 0 amide bonds. The van der Waals surface area contributed by atoms with E-state index in [1.807, 2.05) is 18.5 Å². The zero-order valence-corrected chi connectivity index (χ0v) is 12.4. The minimum absolute atomic E-state index is 0.538. The molecule has 1 aromatic heterocycles. The molecule has 7 nitrogen and oxygen atoms in total. The predicted molar refractivity (Wildman–Crippen MR) is 74.1 cm³/mol. The van der Waals surface area contributed by atoms with Crippen molar-refractivity contribution in [2.45, 2.75) is 44.9 Å². The van der Waals surface area contributed by atoms with E-state index >= 15 is 0 Å². The quantitative estimate of drug-likeness (QED) is 0.812. The van der Waals surface area contributed by atoms with Gasteiger partial charge in [-0.3, -0.25) is 9.80 Å². The van der Waals surface area contributed by atoms with Crippen LogP contribution in [-0.2, 0) is 6.54 Å². The molecule has 3 rings (SSSR count). The second-order valence-corrected chi connectivity index (χ2v) is 6.64. The SMILES string of the molecule is CC(C)(O)CN1CCN(Cc2nnnn2C2CC2)CC1. The maximum Gasteiger partial charge on any atom is 0.165 e. The van der Waals surface area contributed by atoms with E-state index in [0.29, 0.717) is 6.04 Å². The Kier molecular flexibility index (Phi) is 3.74. The number of β-amino-alcohol motifs (C(OH)–C–C–N with tert-alkyl or cyclic N) is 1. The number of piperazine rings is 1. The highest BCUT2D eigenvalue weighted by Gasteiger charge is 2.29. The Hall–Kier alpha value is -1.05. The van der Waals surface area contributed by atoms with Gasteiger partial charge in [-0.05, 0) is 37.1 Å². The molecule has 2 fully saturated rings. The number of aliphatic hydroxyl groups is 1. The van der Waals surface area contributed by atoms with Crippen LogP contribution >= 0.6 is 0 Å². The molecule has 1 saturated heterocycles. The molecule has 112 valence electrons. The minimum atomic E-state index is -0.613. The van der Waals surface area contributed by atoms with Crippen molar-refractivity contribution in [3.05, 3.63) is 5.82 Å². The zero-order valence-electron chi connectivity index (χ0n) is 12.4. The van der Waals surface area contributed by atoms with Gasteiger partial charge in [0, 0.05) is 32.7 Å². The summed E-state index contributed by atoms with van der Waals surface area (Å²) in [5, 5.41) is 21.9. The first-order chi connectivity index (χ1) is 9.51. The second-order valence-electron chi connectivity index (χ2n) is 6.64. The van der Waals surface area contributed by atoms with Crippen molar-refractivity contribution in [2.24, 2.45) is 0 Å². The van der Waals surface area contributed by atoms with Crippen LogP contribution in [0, 0.1) is 0 Å². The maximum absolute atomic E-state index is 9.86. The highest BCUT2D eigenvalue weighted by Crippen LogP contribution is 2.34. The van der Waals surface area contributed by atoms with Crippen molar-refractivity contribution in [2.75, 3.05) is 32.7 Å². The summed E-state index contributed by atoms with van der Waals surface area (Å²) in [5.74, 6) is 0.989. The van der Waals surface area contributed by atoms with Crippen molar-refractivity contribution in [3.63, 3.8) is 0 Å². The van der Waals surface area contributed by atoms with Gasteiger partial charge in [-0.15, -0.1) is 5.10 Å². The maximum atomic E-state index is 9.86. The molecule has 0 spiro atoms. The van der Waals surface area contributed by atoms with Crippen molar-refractivity contribution in [1.82, 2.24) is 30.0 Å². The van der Waals surface area contributed by atoms with Crippen LogP contribution < -0.4 is 0 Å². The number of tetrazole rings is 1. The highest BCUT2D eigenvalue weighted by atomic mass is 16.3. The van der Waals surface area contributed by atoms with Crippen LogP contribution in [0.4, 0.5) is 0 Å². The summed E-state index contributed by atoms with van der Waals surface area (Å²) in [6.45, 7) is 9.30. The molecular formula is C13H24N6O. The van der Waals surface area contributed by atoms with E-state index in [4.69, 9.17) is 0 Å². The zero-order chi connectivity index (χ0) is 14.2. The van der Waals surface area contributed by atoms with Gasteiger partial charge in [0.05, 0.1) is 18.2 Å². The molecule has 0 aromatic carbocycles. The van der Waals surface area contributed by atoms with Crippen LogP contribution in [0.2, 0.25) is 0 Å². The third-order valence-corrected chi connectivity index (χ3v) is 3.89. The summed E-state index contributed by atoms with van der Waals surface area (Å²) in [4.78, 5) is 4.71. The van der Waals surface area contributed by atoms with Crippen LogP contribution in [0.3, 0.4) is 0 Å². The molecule has 0 radical (unpaired) electrons. The molecule has 2 heterocycles. The first-order valence-electron chi connectivity index (χ1n) is 7.45. The van der Waals surface area contributed by atoms with Crippen molar-refractivity contribution < 1.29 is 5.11 Å². The lowest BCUT2D eigenvalue weighted by Crippen LogP contribution is -2.50. The van der Waals surface area contributed by atoms with Gasteiger partial charge in [0.2, 0.25) is 0 Å². The van der Waals surface area contributed by atoms with E-state index in [1.165, 1.54) is 12.8 Å². The van der Waals surface area contributed by atoms with Gasteiger partial charge in [0.15, 0.2) is 5.82 Å². The number of rotatable bonds is 5. The van der Waals surface area contributed by atoms with E-state index in [-0.39, 0.29) is 0 Å². The van der Waals surface area contributed by atoms with E-state index in [9.17, 15) is 5.11 Å². The normalized spacial score (nSPS) is 22.4. The summed E-state index contributed by atoms with van der Waals surface area (Å²) in [5.41, 5.74) is -0.613. The fourth-order valence-corrected chi connectivity index (χ4v) is 2.77. The molecule has 0 unspecified atom stereocenters. The summed E-state index contributed by atoms with van der Waals surface area (Å²) < 4.78 is 1.99. The average molecular weight is 280 g/mol. The molecule has 0 bridgehead atoms. The third-order valence-electron chi connectivity index (χ3n) is 3.89. The number of aromatic nitrogens is 4. The lowest BCUT2D eigenvalue weighted by Gasteiger charge is -2.37. The molecule has 1 saturated carbocycles. The molecular weight excluding hydrogens is 256 g/mol. The Labute approximate surface area is 119 Å². The Balaban J connectivity index is 1.50. The monoisotopic (exact) mass is 280 g/mol. The van der Waals surface area contributed by atoms with Crippen molar-refractivity contribution in [1.29, 1.82) is 0 Å². The Bertz CT molecular complexity index is 442. The fraction of sp³-hybridized carbons (Fsp3) is 0.923. The first kappa shape index (κ1) is 13.9. The van der Waals surface area contributed by atoms with E-state index in [2.05, 4.69) is 25.3 Å². The molecule has 0 atom stereocenters. The molecule has 2 aliphatic rings. The van der Waals surface area contributed by atoms with Crippen LogP contribution in [0.1, 0.15) is 38.6 Å². The molecule has 7 heteroatoms. The van der Waals surface area contributed by atoms with Gasteiger partial charge in [0.1, 0.15) is 0 Å². The molecule has 1 aromatic rings. The molecule has 1 aliphatic carbocycles. The second kappa shape index (κ2) is 5.38. The van der Waals surface area contributed by atoms with Crippen LogP contribution in [-0.4, -0.2) is 73.4 Å². The lowest BCUT2D eigenvalue weighted by molar-refractivity contribution is 0.0161. The van der Waals surface area contributed by atoms with E-state index < -0.39 is 5.60 Å². The lowest BCUT2D eigenvalue weighted by atomic mass is 10.1. The highest BCUT2D eigenvalue weighted by molar-refractivity contribution is 4.91. The van der Waals surface area contributed by atoms with Gasteiger partial charge in [-0.1, -0.05) is 0 Å². The van der Waals surface area contributed by atoms with Gasteiger partial charge in [-0.2, -0.15) is 0 Å². The number of hydrogen-bond acceptors (Lipinski definition) is 6. The summed E-state index contributed by atoms with van der Waals surface area (Å²) in [6.07, 6.45) is 2.41. The predicted octanol–water partition coefficient (Wildman–Crippen LogP) is -0.103. The van der Waals surface area contributed by atoms with Crippen LogP contribution in [0.5, 0.6) is 0 Å². The Morgan fingerprint density at radius 1 is 1.15 bits per heavy atom. The molecule has 1 N–H and O–H groups in total. The van der Waals surface area contributed by atoms with Crippen molar-refractivity contribution in [3.8, 4) is 0 Å². The average Bonchev–Trinajstić information content (AvgIpc) is 3.11. The van der Waals surface area contributed by atoms with Gasteiger partial charge in [-0.25, -0.2) is 4.68 Å². The Morgan fingerprint density at radius 2 is 1.80 bits per heavy atom. The standard InChI is InChI=1S/C13H24N6O/c1-13(2,20)10-18-7-5-17(6-8-18)9-12-14-15-16-19(12)11-3-4-11/h11,20H,3-10H2,1-2H3. The van der Waals surface area contributed by atoms with Gasteiger partial charge < -0.3 is 5.11 Å². The summed E-state index contributed by atoms with van der Waals surface area (Å²) in [7, 11) is 0. The molecule has 20 heavy (non-hydrogen) atoms. The third kappa shape index (κ3) is 3.53. The van der Waals surface area contributed by atoms with Crippen LogP contribution in [0.15, 0.2) is 0 Å². The van der Waals surface area contributed by atoms with E-state index in [1.54, 1.807) is 0 Å². The topological polar surface area (TPSA) is 70.3 Å².